The number of hydrogen-bond donors (Lipinski definition) is 2. The largest absolute Gasteiger partial charge is 0.490 e. The van der Waals surface area contributed by atoms with Gasteiger partial charge in [-0.25, -0.2) is 0 Å². The van der Waals surface area contributed by atoms with Crippen molar-refractivity contribution in [2.45, 2.75) is 20.1 Å². The minimum atomic E-state index is -0.473. The van der Waals surface area contributed by atoms with Crippen LogP contribution in [0.3, 0.4) is 0 Å². The molecule has 0 atom stereocenters. The highest BCUT2D eigenvalue weighted by atomic mass is 79.9. The monoisotopic (exact) mass is 567 g/mol. The van der Waals surface area contributed by atoms with Crippen LogP contribution in [-0.2, 0) is 13.2 Å². The van der Waals surface area contributed by atoms with Gasteiger partial charge < -0.3 is 20.1 Å². The summed E-state index contributed by atoms with van der Waals surface area (Å²) in [6.45, 7) is 4.61. The van der Waals surface area contributed by atoms with E-state index in [2.05, 4.69) is 26.6 Å². The van der Waals surface area contributed by atoms with Crippen molar-refractivity contribution in [2.75, 3.05) is 25.0 Å². The summed E-state index contributed by atoms with van der Waals surface area (Å²) < 4.78 is 12.6. The van der Waals surface area contributed by atoms with Gasteiger partial charge in [-0.2, -0.15) is 0 Å². The second kappa shape index (κ2) is 12.8. The van der Waals surface area contributed by atoms with Crippen molar-refractivity contribution in [3.8, 4) is 11.5 Å². The van der Waals surface area contributed by atoms with Crippen LogP contribution in [0.15, 0.2) is 59.1 Å². The molecule has 2 N–H and O–H groups in total. The number of nitro groups is 1. The van der Waals surface area contributed by atoms with Gasteiger partial charge in [-0.05, 0) is 52.7 Å². The Hall–Kier alpha value is -2.52. The number of ether oxygens (including phenoxy) is 2. The fourth-order valence-corrected chi connectivity index (χ4v) is 4.21. The van der Waals surface area contributed by atoms with Gasteiger partial charge in [0.05, 0.1) is 26.7 Å². The Morgan fingerprint density at radius 2 is 1.82 bits per heavy atom. The lowest BCUT2D eigenvalue weighted by Gasteiger charge is -2.16. The van der Waals surface area contributed by atoms with E-state index in [-0.39, 0.29) is 5.69 Å². The fourth-order valence-electron chi connectivity index (χ4n) is 3.17. The molecule has 0 radical (unpaired) electrons. The molecule has 0 amide bonds. The lowest BCUT2D eigenvalue weighted by Crippen LogP contribution is -2.22. The number of hydrogen-bond acceptors (Lipinski definition) is 6. The summed E-state index contributed by atoms with van der Waals surface area (Å²) in [5, 5.41) is 18.3. The number of benzene rings is 3. The standard InChI is InChI=1S/C24H24BrCl2N3O4/c1-2-33-23-12-16(11-19(25)24(23)34-15-17-5-3-4-6-20(17)26)14-28-9-10-29-22-8-7-18(30(31)32)13-21(22)27/h3-8,11-13,28-29H,2,9-10,14-15H2,1H3. The first-order valence-corrected chi connectivity index (χ1v) is 12.1. The van der Waals surface area contributed by atoms with Crippen molar-refractivity contribution in [3.05, 3.63) is 90.4 Å². The summed E-state index contributed by atoms with van der Waals surface area (Å²) in [5.74, 6) is 1.27. The Labute approximate surface area is 216 Å². The van der Waals surface area contributed by atoms with Crippen molar-refractivity contribution >= 4 is 50.5 Å². The molecule has 3 aromatic rings. The number of non-ortho nitro benzene ring substituents is 1. The average Bonchev–Trinajstić information content (AvgIpc) is 2.80. The van der Waals surface area contributed by atoms with Crippen molar-refractivity contribution in [1.29, 1.82) is 0 Å². The second-order valence-corrected chi connectivity index (χ2v) is 8.91. The number of halogens is 3. The first-order valence-electron chi connectivity index (χ1n) is 10.6. The van der Waals surface area contributed by atoms with Crippen LogP contribution in [0.2, 0.25) is 10.0 Å². The third-order valence-corrected chi connectivity index (χ3v) is 6.08. The van der Waals surface area contributed by atoms with Crippen LogP contribution in [0.4, 0.5) is 11.4 Å². The van der Waals surface area contributed by atoms with Crippen molar-refractivity contribution < 1.29 is 14.4 Å². The SMILES string of the molecule is CCOc1cc(CNCCNc2ccc([N+](=O)[O-])cc2Cl)cc(Br)c1OCc1ccccc1Cl. The molecule has 0 aliphatic carbocycles. The maximum atomic E-state index is 10.8. The molecule has 0 aromatic heterocycles. The molecule has 7 nitrogen and oxygen atoms in total. The predicted octanol–water partition coefficient (Wildman–Crippen LogP) is 6.84. The zero-order valence-corrected chi connectivity index (χ0v) is 21.5. The Bertz CT molecular complexity index is 1150. The van der Waals surface area contributed by atoms with E-state index in [0.717, 1.165) is 15.6 Å². The van der Waals surface area contributed by atoms with Gasteiger partial charge >= 0.3 is 0 Å². The topological polar surface area (TPSA) is 85.7 Å². The van der Waals surface area contributed by atoms with Gasteiger partial charge in [0, 0.05) is 42.4 Å². The number of nitro benzene ring substituents is 1. The van der Waals surface area contributed by atoms with Crippen molar-refractivity contribution in [1.82, 2.24) is 5.32 Å². The van der Waals surface area contributed by atoms with E-state index < -0.39 is 4.92 Å². The highest BCUT2D eigenvalue weighted by Gasteiger charge is 2.14. The van der Waals surface area contributed by atoms with E-state index in [0.29, 0.717) is 60.1 Å². The quantitative estimate of drug-likeness (QED) is 0.141. The summed E-state index contributed by atoms with van der Waals surface area (Å²) in [5.41, 5.74) is 2.53. The van der Waals surface area contributed by atoms with Gasteiger partial charge in [0.2, 0.25) is 0 Å². The maximum Gasteiger partial charge on any atom is 0.271 e. The van der Waals surface area contributed by atoms with E-state index in [1.165, 1.54) is 12.1 Å². The second-order valence-electron chi connectivity index (χ2n) is 7.24. The molecule has 3 rings (SSSR count). The van der Waals surface area contributed by atoms with E-state index in [4.69, 9.17) is 32.7 Å². The molecule has 0 heterocycles. The predicted molar refractivity (Wildman–Crippen MR) is 139 cm³/mol. The summed E-state index contributed by atoms with van der Waals surface area (Å²) >= 11 is 15.9. The van der Waals surface area contributed by atoms with Gasteiger partial charge in [-0.3, -0.25) is 10.1 Å². The summed E-state index contributed by atoms with van der Waals surface area (Å²) in [6.07, 6.45) is 0. The Balaban J connectivity index is 1.55. The highest BCUT2D eigenvalue weighted by Crippen LogP contribution is 2.38. The maximum absolute atomic E-state index is 10.8. The van der Waals surface area contributed by atoms with E-state index in [1.54, 1.807) is 6.07 Å². The van der Waals surface area contributed by atoms with E-state index in [1.807, 2.05) is 43.3 Å². The van der Waals surface area contributed by atoms with Crippen molar-refractivity contribution in [2.24, 2.45) is 0 Å². The molecule has 34 heavy (non-hydrogen) atoms. The summed E-state index contributed by atoms with van der Waals surface area (Å²) in [6, 6.07) is 15.8. The molecule has 0 aliphatic rings. The van der Waals surface area contributed by atoms with Gasteiger partial charge in [0.25, 0.3) is 5.69 Å². The van der Waals surface area contributed by atoms with Gasteiger partial charge in [0.15, 0.2) is 11.5 Å². The highest BCUT2D eigenvalue weighted by molar-refractivity contribution is 9.10. The molecule has 10 heteroatoms. The molecule has 0 spiro atoms. The van der Waals surface area contributed by atoms with E-state index >= 15 is 0 Å². The lowest BCUT2D eigenvalue weighted by atomic mass is 10.2. The number of rotatable bonds is 12. The van der Waals surface area contributed by atoms with Gasteiger partial charge in [-0.15, -0.1) is 0 Å². The summed E-state index contributed by atoms with van der Waals surface area (Å²) in [4.78, 5) is 10.3. The minimum Gasteiger partial charge on any atom is -0.490 e. The molecule has 0 fully saturated rings. The number of nitrogens with zero attached hydrogens (tertiary/aromatic N) is 1. The normalized spacial score (nSPS) is 10.7. The van der Waals surface area contributed by atoms with Crippen LogP contribution in [0.1, 0.15) is 18.1 Å². The van der Waals surface area contributed by atoms with Crippen LogP contribution >= 0.6 is 39.1 Å². The van der Waals surface area contributed by atoms with E-state index in [9.17, 15) is 10.1 Å². The first kappa shape index (κ1) is 26.1. The first-order chi connectivity index (χ1) is 16.4. The molecular formula is C24H24BrCl2N3O4. The fraction of sp³-hybridized carbons (Fsp3) is 0.250. The van der Waals surface area contributed by atoms with Gasteiger partial charge in [0.1, 0.15) is 6.61 Å². The summed E-state index contributed by atoms with van der Waals surface area (Å²) in [7, 11) is 0. The zero-order chi connectivity index (χ0) is 24.5. The molecule has 180 valence electrons. The number of nitrogens with one attached hydrogen (secondary N) is 2. The Morgan fingerprint density at radius 1 is 1.03 bits per heavy atom. The molecule has 0 aliphatic heterocycles. The zero-order valence-electron chi connectivity index (χ0n) is 18.4. The average molecular weight is 569 g/mol. The number of anilines is 1. The molecule has 0 bridgehead atoms. The van der Waals surface area contributed by atoms with Crippen LogP contribution in [-0.4, -0.2) is 24.6 Å². The molecule has 3 aromatic carbocycles. The molecule has 0 unspecified atom stereocenters. The van der Waals surface area contributed by atoms with Crippen LogP contribution in [0.25, 0.3) is 0 Å². The third kappa shape index (κ3) is 7.24. The van der Waals surface area contributed by atoms with Crippen LogP contribution < -0.4 is 20.1 Å². The van der Waals surface area contributed by atoms with Crippen molar-refractivity contribution in [3.63, 3.8) is 0 Å². The Morgan fingerprint density at radius 3 is 2.53 bits per heavy atom. The third-order valence-electron chi connectivity index (χ3n) is 4.81. The lowest BCUT2D eigenvalue weighted by molar-refractivity contribution is -0.384. The Kier molecular flexibility index (Phi) is 9.83. The minimum absolute atomic E-state index is 0.0383. The van der Waals surface area contributed by atoms with Crippen LogP contribution in [0.5, 0.6) is 11.5 Å². The molecular weight excluding hydrogens is 545 g/mol. The van der Waals surface area contributed by atoms with Gasteiger partial charge in [-0.1, -0.05) is 41.4 Å². The molecule has 0 saturated heterocycles. The molecule has 0 saturated carbocycles. The van der Waals surface area contributed by atoms with Crippen LogP contribution in [0, 0.1) is 10.1 Å². The smallest absolute Gasteiger partial charge is 0.271 e.